The molecular weight excluding hydrogens is 290 g/mol. The second kappa shape index (κ2) is 5.88. The molecule has 0 bridgehead atoms. The van der Waals surface area contributed by atoms with Gasteiger partial charge in [-0.3, -0.25) is 4.79 Å². The monoisotopic (exact) mass is 303 g/mol. The molecule has 2 N–H and O–H groups in total. The molecule has 2 aromatic rings. The Kier molecular flexibility index (Phi) is 3.78. The Labute approximate surface area is 125 Å². The van der Waals surface area contributed by atoms with Crippen LogP contribution in [-0.2, 0) is 4.79 Å². The van der Waals surface area contributed by atoms with Crippen LogP contribution < -0.4 is 15.5 Å². The van der Waals surface area contributed by atoms with Gasteiger partial charge in [0.05, 0.1) is 12.8 Å². The highest BCUT2D eigenvalue weighted by atomic mass is 32.1. The van der Waals surface area contributed by atoms with Gasteiger partial charge in [0.2, 0.25) is 11.0 Å². The van der Waals surface area contributed by atoms with Crippen LogP contribution in [0.25, 0.3) is 0 Å². The predicted octanol–water partition coefficient (Wildman–Crippen LogP) is 1.90. The van der Waals surface area contributed by atoms with Gasteiger partial charge in [-0.2, -0.15) is 5.10 Å². The number of nitrogens with one attached hydrogen (secondary N) is 2. The summed E-state index contributed by atoms with van der Waals surface area (Å²) in [5.74, 6) is 0.727. The van der Waals surface area contributed by atoms with E-state index in [-0.39, 0.29) is 5.91 Å². The van der Waals surface area contributed by atoms with Crippen LogP contribution in [0, 0.1) is 0 Å². The smallest absolute Gasteiger partial charge is 0.240 e. The number of anilines is 2. The van der Waals surface area contributed by atoms with E-state index in [9.17, 15) is 4.79 Å². The van der Waals surface area contributed by atoms with Gasteiger partial charge in [-0.05, 0) is 24.3 Å². The fourth-order valence-corrected chi connectivity index (χ4v) is 2.60. The highest BCUT2D eigenvalue weighted by Crippen LogP contribution is 2.24. The molecule has 108 valence electrons. The third-order valence-electron chi connectivity index (χ3n) is 2.92. The lowest BCUT2D eigenvalue weighted by molar-refractivity contribution is -0.121. The topological polar surface area (TPSA) is 88.5 Å². The van der Waals surface area contributed by atoms with Gasteiger partial charge in [0, 0.05) is 18.5 Å². The zero-order valence-corrected chi connectivity index (χ0v) is 12.1. The van der Waals surface area contributed by atoms with Crippen molar-refractivity contribution in [1.82, 2.24) is 15.6 Å². The van der Waals surface area contributed by atoms with Gasteiger partial charge in [-0.25, -0.2) is 5.43 Å². The standard InChI is InChI=1S/C13H13N5O2S/c1-20-9-4-2-8(3-5-9)14-13-18-17-12(21-13)10-6-7-11(19)16-15-10/h2-5H,6-7H2,1H3,(H,14,18)(H,16,19). The molecule has 21 heavy (non-hydrogen) atoms. The number of benzene rings is 1. The molecule has 1 aromatic carbocycles. The van der Waals surface area contributed by atoms with Gasteiger partial charge in [-0.15, -0.1) is 10.2 Å². The van der Waals surface area contributed by atoms with Crippen molar-refractivity contribution in [1.29, 1.82) is 0 Å². The second-order valence-corrected chi connectivity index (χ2v) is 5.34. The van der Waals surface area contributed by atoms with Crippen molar-refractivity contribution in [2.75, 3.05) is 12.4 Å². The maximum Gasteiger partial charge on any atom is 0.240 e. The van der Waals surface area contributed by atoms with Crippen molar-refractivity contribution in [3.05, 3.63) is 29.3 Å². The summed E-state index contributed by atoms with van der Waals surface area (Å²) >= 11 is 1.40. The van der Waals surface area contributed by atoms with Gasteiger partial charge in [-0.1, -0.05) is 11.3 Å². The van der Waals surface area contributed by atoms with E-state index < -0.39 is 0 Å². The minimum Gasteiger partial charge on any atom is -0.497 e. The van der Waals surface area contributed by atoms with Gasteiger partial charge in [0.15, 0.2) is 5.01 Å². The first-order valence-corrected chi connectivity index (χ1v) is 7.16. The number of rotatable bonds is 4. The number of hydrogen-bond donors (Lipinski definition) is 2. The van der Waals surface area contributed by atoms with E-state index in [1.165, 1.54) is 11.3 Å². The summed E-state index contributed by atoms with van der Waals surface area (Å²) in [7, 11) is 1.63. The van der Waals surface area contributed by atoms with Gasteiger partial charge >= 0.3 is 0 Å². The average Bonchev–Trinajstić information content (AvgIpc) is 2.97. The number of carbonyl (C=O) groups is 1. The van der Waals surface area contributed by atoms with E-state index in [4.69, 9.17) is 4.74 Å². The van der Waals surface area contributed by atoms with Crippen LogP contribution in [0.1, 0.15) is 17.8 Å². The minimum absolute atomic E-state index is 0.0696. The predicted molar refractivity (Wildman–Crippen MR) is 80.1 cm³/mol. The Morgan fingerprint density at radius 2 is 2.05 bits per heavy atom. The minimum atomic E-state index is -0.0696. The summed E-state index contributed by atoms with van der Waals surface area (Å²) in [5.41, 5.74) is 4.12. The van der Waals surface area contributed by atoms with Crippen molar-refractivity contribution >= 4 is 33.8 Å². The summed E-state index contributed by atoms with van der Waals surface area (Å²) in [6.45, 7) is 0. The van der Waals surface area contributed by atoms with E-state index >= 15 is 0 Å². The molecular formula is C13H13N5O2S. The van der Waals surface area contributed by atoms with Crippen molar-refractivity contribution in [2.24, 2.45) is 5.10 Å². The van der Waals surface area contributed by atoms with Gasteiger partial charge in [0.1, 0.15) is 5.75 Å². The summed E-state index contributed by atoms with van der Waals surface area (Å²) < 4.78 is 5.11. The SMILES string of the molecule is COc1ccc(Nc2nnc(C3=NNC(=O)CC3)s2)cc1. The quantitative estimate of drug-likeness (QED) is 0.900. The third kappa shape index (κ3) is 3.16. The Balaban J connectivity index is 1.71. The molecule has 1 aliphatic heterocycles. The molecule has 0 radical (unpaired) electrons. The first-order chi connectivity index (χ1) is 10.2. The highest BCUT2D eigenvalue weighted by Gasteiger charge is 2.17. The Hall–Kier alpha value is -2.48. The Bertz CT molecular complexity index is 680. The summed E-state index contributed by atoms with van der Waals surface area (Å²) in [6.07, 6.45) is 1.02. The molecule has 0 saturated heterocycles. The molecule has 0 fully saturated rings. The van der Waals surface area contributed by atoms with E-state index in [1.54, 1.807) is 7.11 Å². The summed E-state index contributed by atoms with van der Waals surface area (Å²) in [4.78, 5) is 11.1. The van der Waals surface area contributed by atoms with Crippen LogP contribution in [-0.4, -0.2) is 28.9 Å². The lowest BCUT2D eigenvalue weighted by Crippen LogP contribution is -2.25. The number of aromatic nitrogens is 2. The number of carbonyl (C=O) groups excluding carboxylic acids is 1. The summed E-state index contributed by atoms with van der Waals surface area (Å²) in [6, 6.07) is 7.53. The van der Waals surface area contributed by atoms with Gasteiger partial charge < -0.3 is 10.1 Å². The molecule has 7 nitrogen and oxygen atoms in total. The van der Waals surface area contributed by atoms with Crippen LogP contribution >= 0.6 is 11.3 Å². The Morgan fingerprint density at radius 3 is 2.71 bits per heavy atom. The van der Waals surface area contributed by atoms with Crippen LogP contribution in [0.4, 0.5) is 10.8 Å². The van der Waals surface area contributed by atoms with E-state index in [2.05, 4.69) is 26.0 Å². The van der Waals surface area contributed by atoms with Crippen LogP contribution in [0.15, 0.2) is 29.4 Å². The number of hydrogen-bond acceptors (Lipinski definition) is 7. The molecule has 0 aliphatic carbocycles. The van der Waals surface area contributed by atoms with E-state index in [0.29, 0.717) is 23.0 Å². The van der Waals surface area contributed by atoms with Gasteiger partial charge in [0.25, 0.3) is 0 Å². The van der Waals surface area contributed by atoms with Crippen LogP contribution in [0.2, 0.25) is 0 Å². The molecule has 1 aromatic heterocycles. The molecule has 3 rings (SSSR count). The second-order valence-electron chi connectivity index (χ2n) is 4.36. The molecule has 0 spiro atoms. The molecule has 0 unspecified atom stereocenters. The number of ether oxygens (including phenoxy) is 1. The highest BCUT2D eigenvalue weighted by molar-refractivity contribution is 7.17. The maximum atomic E-state index is 11.1. The molecule has 2 heterocycles. The normalized spacial score (nSPS) is 14.3. The number of methoxy groups -OCH3 is 1. The van der Waals surface area contributed by atoms with Crippen molar-refractivity contribution in [3.8, 4) is 5.75 Å². The molecule has 1 amide bonds. The first-order valence-electron chi connectivity index (χ1n) is 6.35. The first kappa shape index (κ1) is 13.5. The fraction of sp³-hybridized carbons (Fsp3) is 0.231. The average molecular weight is 303 g/mol. The molecule has 0 saturated carbocycles. The molecule has 1 aliphatic rings. The Morgan fingerprint density at radius 1 is 1.24 bits per heavy atom. The number of nitrogens with zero attached hydrogens (tertiary/aromatic N) is 3. The fourth-order valence-electron chi connectivity index (χ4n) is 1.82. The molecule has 8 heteroatoms. The third-order valence-corrected chi connectivity index (χ3v) is 3.81. The van der Waals surface area contributed by atoms with Crippen molar-refractivity contribution < 1.29 is 9.53 Å². The van der Waals surface area contributed by atoms with Crippen molar-refractivity contribution in [2.45, 2.75) is 12.8 Å². The largest absolute Gasteiger partial charge is 0.497 e. The maximum absolute atomic E-state index is 11.1. The summed E-state index contributed by atoms with van der Waals surface area (Å²) in [5, 5.41) is 16.7. The molecule has 0 atom stereocenters. The zero-order valence-electron chi connectivity index (χ0n) is 11.3. The lowest BCUT2D eigenvalue weighted by atomic mass is 10.2. The van der Waals surface area contributed by atoms with Crippen LogP contribution in [0.5, 0.6) is 5.75 Å². The lowest BCUT2D eigenvalue weighted by Gasteiger charge is -2.08. The number of hydrazone groups is 1. The van der Waals surface area contributed by atoms with E-state index in [0.717, 1.165) is 17.1 Å². The van der Waals surface area contributed by atoms with Crippen LogP contribution in [0.3, 0.4) is 0 Å². The number of amides is 1. The van der Waals surface area contributed by atoms with E-state index in [1.807, 2.05) is 24.3 Å². The van der Waals surface area contributed by atoms with Crippen molar-refractivity contribution in [3.63, 3.8) is 0 Å². The zero-order chi connectivity index (χ0) is 14.7.